The molecule has 8 heteroatoms. The lowest BCUT2D eigenvalue weighted by atomic mass is 10.2. The van der Waals surface area contributed by atoms with Crippen LogP contribution in [0.3, 0.4) is 0 Å². The highest BCUT2D eigenvalue weighted by Gasteiger charge is 2.11. The molecule has 25 heavy (non-hydrogen) atoms. The summed E-state index contributed by atoms with van der Waals surface area (Å²) in [6.45, 7) is 0.732. The van der Waals surface area contributed by atoms with Gasteiger partial charge in [0.25, 0.3) is 0 Å². The van der Waals surface area contributed by atoms with Gasteiger partial charge in [0.05, 0.1) is 12.0 Å². The van der Waals surface area contributed by atoms with Gasteiger partial charge in [0.2, 0.25) is 10.9 Å². The average Bonchev–Trinajstić information content (AvgIpc) is 3.40. The Morgan fingerprint density at radius 1 is 1.04 bits per heavy atom. The normalized spacial score (nSPS) is 10.9. The summed E-state index contributed by atoms with van der Waals surface area (Å²) in [6, 6.07) is 15.7. The number of benzene rings is 1. The van der Waals surface area contributed by atoms with Crippen LogP contribution < -0.4 is 5.32 Å². The summed E-state index contributed by atoms with van der Waals surface area (Å²) < 4.78 is 11.5. The van der Waals surface area contributed by atoms with Gasteiger partial charge >= 0.3 is 0 Å². The van der Waals surface area contributed by atoms with E-state index in [1.54, 1.807) is 18.0 Å². The molecular weight excluding hydrogens is 356 g/mol. The molecule has 0 saturated heterocycles. The van der Waals surface area contributed by atoms with Crippen LogP contribution in [0.1, 0.15) is 11.3 Å². The minimum atomic E-state index is 0.628. The number of nitrogens with one attached hydrogen (secondary N) is 1. The van der Waals surface area contributed by atoms with E-state index in [1.165, 1.54) is 16.9 Å². The molecule has 0 saturated carbocycles. The van der Waals surface area contributed by atoms with Crippen LogP contribution in [0, 0.1) is 0 Å². The fourth-order valence-corrected chi connectivity index (χ4v) is 3.79. The molecule has 0 aliphatic heterocycles. The van der Waals surface area contributed by atoms with E-state index >= 15 is 0 Å². The van der Waals surface area contributed by atoms with Crippen LogP contribution in [-0.2, 0) is 12.3 Å². The molecule has 1 N–H and O–H groups in total. The van der Waals surface area contributed by atoms with Crippen LogP contribution in [0.15, 0.2) is 68.1 Å². The van der Waals surface area contributed by atoms with E-state index in [4.69, 9.17) is 8.94 Å². The molecule has 4 rings (SSSR count). The molecule has 0 atom stereocenters. The van der Waals surface area contributed by atoms with Gasteiger partial charge in [-0.15, -0.1) is 10.2 Å². The molecule has 0 aliphatic carbocycles. The molecule has 0 fully saturated rings. The second kappa shape index (κ2) is 7.54. The average molecular weight is 370 g/mol. The summed E-state index contributed by atoms with van der Waals surface area (Å²) >= 11 is 3.11. The number of hydrogen-bond donors (Lipinski definition) is 1. The molecule has 6 nitrogen and oxygen atoms in total. The largest absolute Gasteiger partial charge is 0.461 e. The standard InChI is InChI=1S/C17H14N4O2S2/c1-2-5-12(6-3-1)10-18-16-19-20-17(25-16)24-11-13-9-15(23-21-13)14-7-4-8-22-14/h1-9H,10-11H2,(H,18,19). The minimum Gasteiger partial charge on any atom is -0.461 e. The molecule has 0 aliphatic rings. The summed E-state index contributed by atoms with van der Waals surface area (Å²) in [6.07, 6.45) is 1.61. The van der Waals surface area contributed by atoms with Crippen molar-refractivity contribution < 1.29 is 8.94 Å². The van der Waals surface area contributed by atoms with Crippen LogP contribution >= 0.6 is 23.1 Å². The van der Waals surface area contributed by atoms with E-state index in [2.05, 4.69) is 32.8 Å². The predicted octanol–water partition coefficient (Wildman–Crippen LogP) is 4.69. The Hall–Kier alpha value is -2.58. The molecule has 0 amide bonds. The highest BCUT2D eigenvalue weighted by atomic mass is 32.2. The summed E-state index contributed by atoms with van der Waals surface area (Å²) in [4.78, 5) is 0. The van der Waals surface area contributed by atoms with Crippen LogP contribution in [0.25, 0.3) is 11.5 Å². The maximum Gasteiger partial charge on any atom is 0.206 e. The first kappa shape index (κ1) is 15.9. The Morgan fingerprint density at radius 3 is 2.80 bits per heavy atom. The van der Waals surface area contributed by atoms with E-state index in [0.717, 1.165) is 21.7 Å². The third-order valence-corrected chi connectivity index (χ3v) is 5.41. The number of rotatable bonds is 7. The van der Waals surface area contributed by atoms with Crippen LogP contribution in [0.4, 0.5) is 5.13 Å². The molecular formula is C17H14N4O2S2. The first-order valence-corrected chi connectivity index (χ1v) is 9.40. The Balaban J connectivity index is 1.31. The number of thioether (sulfide) groups is 1. The lowest BCUT2D eigenvalue weighted by Gasteiger charge is -2.00. The molecule has 0 bridgehead atoms. The van der Waals surface area contributed by atoms with Gasteiger partial charge in [0.15, 0.2) is 10.1 Å². The van der Waals surface area contributed by atoms with Gasteiger partial charge in [0, 0.05) is 18.4 Å². The summed E-state index contributed by atoms with van der Waals surface area (Å²) in [5.74, 6) is 1.97. The molecule has 4 aromatic rings. The van der Waals surface area contributed by atoms with Crippen molar-refractivity contribution in [3.63, 3.8) is 0 Å². The van der Waals surface area contributed by atoms with Crippen LogP contribution in [-0.4, -0.2) is 15.4 Å². The first-order chi connectivity index (χ1) is 12.4. The van der Waals surface area contributed by atoms with Crippen molar-refractivity contribution in [3.05, 3.63) is 66.1 Å². The van der Waals surface area contributed by atoms with Gasteiger partial charge in [-0.3, -0.25) is 0 Å². The molecule has 0 radical (unpaired) electrons. The maximum absolute atomic E-state index is 5.29. The van der Waals surface area contributed by atoms with Gasteiger partial charge in [-0.2, -0.15) is 0 Å². The minimum absolute atomic E-state index is 0.628. The van der Waals surface area contributed by atoms with Gasteiger partial charge in [-0.05, 0) is 17.7 Å². The molecule has 3 aromatic heterocycles. The predicted molar refractivity (Wildman–Crippen MR) is 97.4 cm³/mol. The second-order valence-corrected chi connectivity index (χ2v) is 7.36. The van der Waals surface area contributed by atoms with Gasteiger partial charge in [-0.1, -0.05) is 58.6 Å². The Kier molecular flexibility index (Phi) is 4.80. The van der Waals surface area contributed by atoms with E-state index in [1.807, 2.05) is 36.4 Å². The molecule has 3 heterocycles. The molecule has 1 aromatic carbocycles. The van der Waals surface area contributed by atoms with Gasteiger partial charge in [0.1, 0.15) is 0 Å². The lowest BCUT2D eigenvalue weighted by molar-refractivity contribution is 0.413. The van der Waals surface area contributed by atoms with Crippen molar-refractivity contribution in [1.82, 2.24) is 15.4 Å². The summed E-state index contributed by atoms with van der Waals surface area (Å²) in [5, 5.41) is 16.5. The van der Waals surface area contributed by atoms with Crippen molar-refractivity contribution in [2.24, 2.45) is 0 Å². The van der Waals surface area contributed by atoms with Crippen molar-refractivity contribution >= 4 is 28.2 Å². The highest BCUT2D eigenvalue weighted by Crippen LogP contribution is 2.29. The quantitative estimate of drug-likeness (QED) is 0.473. The molecule has 126 valence electrons. The number of anilines is 1. The van der Waals surface area contributed by atoms with E-state index < -0.39 is 0 Å². The van der Waals surface area contributed by atoms with Crippen molar-refractivity contribution in [1.29, 1.82) is 0 Å². The third kappa shape index (κ3) is 4.09. The topological polar surface area (TPSA) is 77.0 Å². The van der Waals surface area contributed by atoms with Crippen molar-refractivity contribution in [3.8, 4) is 11.5 Å². The van der Waals surface area contributed by atoms with Crippen molar-refractivity contribution in [2.45, 2.75) is 16.6 Å². The molecule has 0 spiro atoms. The number of hydrogen-bond acceptors (Lipinski definition) is 8. The summed E-state index contributed by atoms with van der Waals surface area (Å²) in [7, 11) is 0. The Labute approximate surface area is 152 Å². The van der Waals surface area contributed by atoms with E-state index in [-0.39, 0.29) is 0 Å². The zero-order chi connectivity index (χ0) is 16.9. The van der Waals surface area contributed by atoms with E-state index in [9.17, 15) is 0 Å². The van der Waals surface area contributed by atoms with Crippen molar-refractivity contribution in [2.75, 3.05) is 5.32 Å². The van der Waals surface area contributed by atoms with E-state index in [0.29, 0.717) is 17.3 Å². The Morgan fingerprint density at radius 2 is 1.96 bits per heavy atom. The van der Waals surface area contributed by atoms with Gasteiger partial charge in [-0.25, -0.2) is 0 Å². The second-order valence-electron chi connectivity index (χ2n) is 5.16. The van der Waals surface area contributed by atoms with Gasteiger partial charge < -0.3 is 14.3 Å². The zero-order valence-electron chi connectivity index (χ0n) is 13.1. The van der Waals surface area contributed by atoms with Crippen LogP contribution in [0.2, 0.25) is 0 Å². The monoisotopic (exact) mass is 370 g/mol. The summed E-state index contributed by atoms with van der Waals surface area (Å²) in [5.41, 5.74) is 2.05. The Bertz CT molecular complexity index is 919. The highest BCUT2D eigenvalue weighted by molar-refractivity contribution is 8.00. The fraction of sp³-hybridized carbons (Fsp3) is 0.118. The third-order valence-electron chi connectivity index (χ3n) is 3.36. The maximum atomic E-state index is 5.29. The number of furan rings is 1. The fourth-order valence-electron chi connectivity index (χ4n) is 2.16. The lowest BCUT2D eigenvalue weighted by Crippen LogP contribution is -1.98. The zero-order valence-corrected chi connectivity index (χ0v) is 14.7. The smallest absolute Gasteiger partial charge is 0.206 e. The first-order valence-electron chi connectivity index (χ1n) is 7.60. The number of nitrogens with zero attached hydrogens (tertiary/aromatic N) is 3. The molecule has 0 unspecified atom stereocenters. The number of aromatic nitrogens is 3. The SMILES string of the molecule is c1ccc(CNc2nnc(SCc3cc(-c4ccco4)on3)s2)cc1. The van der Waals surface area contributed by atoms with Crippen LogP contribution in [0.5, 0.6) is 0 Å².